The summed E-state index contributed by atoms with van der Waals surface area (Å²) in [5, 5.41) is 0. The largest absolute Gasteiger partial charge is 0.493 e. The number of sulfonamides is 1. The lowest BCUT2D eigenvalue weighted by Crippen LogP contribution is -2.33. The minimum Gasteiger partial charge on any atom is -0.493 e. The van der Waals surface area contributed by atoms with Crippen LogP contribution in [-0.2, 0) is 10.0 Å². The molecule has 1 saturated carbocycles. The Bertz CT molecular complexity index is 648. The van der Waals surface area contributed by atoms with Crippen molar-refractivity contribution in [3.8, 4) is 5.75 Å². The van der Waals surface area contributed by atoms with E-state index in [2.05, 4.69) is 13.8 Å². The third-order valence-corrected chi connectivity index (χ3v) is 6.77. The molecule has 0 amide bonds. The number of benzene rings is 1. The Kier molecular flexibility index (Phi) is 6.18. The Morgan fingerprint density at radius 2 is 1.88 bits per heavy atom. The highest BCUT2D eigenvalue weighted by Gasteiger charge is 2.44. The number of nitrogens with two attached hydrogens (primary N) is 1. The Morgan fingerprint density at radius 3 is 2.46 bits per heavy atom. The first-order chi connectivity index (χ1) is 10.9. The summed E-state index contributed by atoms with van der Waals surface area (Å²) in [4.78, 5) is 0.336. The first kappa shape index (κ1) is 19.5. The summed E-state index contributed by atoms with van der Waals surface area (Å²) < 4.78 is 32.8. The first-order valence-corrected chi connectivity index (χ1v) is 9.80. The summed E-state index contributed by atoms with van der Waals surface area (Å²) in [5.41, 5.74) is 6.10. The molecule has 1 aliphatic carbocycles. The predicted octanol–water partition coefficient (Wildman–Crippen LogP) is 2.50. The molecule has 2 fully saturated rings. The zero-order valence-electron chi connectivity index (χ0n) is 14.2. The number of fused-ring (bicyclic) bond motifs is 1. The SMILES string of the molecule is CC(C)COc1ccc(S(=O)(=O)N2CC3CCC(N)C3C2)cc1.Cl. The van der Waals surface area contributed by atoms with Crippen LogP contribution >= 0.6 is 12.4 Å². The molecule has 2 N–H and O–H groups in total. The second-order valence-electron chi connectivity index (χ2n) is 7.16. The van der Waals surface area contributed by atoms with Crippen LogP contribution in [0.25, 0.3) is 0 Å². The highest BCUT2D eigenvalue weighted by molar-refractivity contribution is 7.89. The van der Waals surface area contributed by atoms with Crippen molar-refractivity contribution in [1.82, 2.24) is 4.31 Å². The summed E-state index contributed by atoms with van der Waals surface area (Å²) in [6.07, 6.45) is 2.06. The zero-order chi connectivity index (χ0) is 16.6. The molecule has 1 aliphatic heterocycles. The average molecular weight is 375 g/mol. The van der Waals surface area contributed by atoms with Gasteiger partial charge in [0.1, 0.15) is 5.75 Å². The lowest BCUT2D eigenvalue weighted by Gasteiger charge is -2.19. The van der Waals surface area contributed by atoms with Crippen molar-refractivity contribution < 1.29 is 13.2 Å². The predicted molar refractivity (Wildman–Crippen MR) is 97.0 cm³/mol. The molecule has 3 atom stereocenters. The van der Waals surface area contributed by atoms with Crippen molar-refractivity contribution >= 4 is 22.4 Å². The molecule has 3 rings (SSSR count). The van der Waals surface area contributed by atoms with Crippen LogP contribution in [0.2, 0.25) is 0 Å². The molecule has 5 nitrogen and oxygen atoms in total. The topological polar surface area (TPSA) is 72.6 Å². The standard InChI is InChI=1S/C17H26N2O3S.ClH/c1-12(2)11-22-14-4-6-15(7-5-14)23(20,21)19-9-13-3-8-17(18)16(13)10-19;/h4-7,12-13,16-17H,3,8-11,18H2,1-2H3;1H. The Morgan fingerprint density at radius 1 is 1.21 bits per heavy atom. The van der Waals surface area contributed by atoms with Gasteiger partial charge < -0.3 is 10.5 Å². The third-order valence-electron chi connectivity index (χ3n) is 4.92. The van der Waals surface area contributed by atoms with Gasteiger partial charge in [0, 0.05) is 19.1 Å². The summed E-state index contributed by atoms with van der Waals surface area (Å²) in [5.74, 6) is 1.89. The van der Waals surface area contributed by atoms with Crippen LogP contribution < -0.4 is 10.5 Å². The third kappa shape index (κ3) is 3.87. The molecule has 3 unspecified atom stereocenters. The molecule has 2 aliphatic rings. The van der Waals surface area contributed by atoms with Crippen molar-refractivity contribution in [2.45, 2.75) is 37.6 Å². The van der Waals surface area contributed by atoms with Gasteiger partial charge in [-0.05, 0) is 54.9 Å². The van der Waals surface area contributed by atoms with E-state index in [-0.39, 0.29) is 18.4 Å². The average Bonchev–Trinajstić information content (AvgIpc) is 3.09. The van der Waals surface area contributed by atoms with E-state index in [1.54, 1.807) is 28.6 Å². The van der Waals surface area contributed by atoms with Crippen LogP contribution in [0.3, 0.4) is 0 Å². The Balaban J connectivity index is 0.00000208. The maximum absolute atomic E-state index is 12.8. The molecule has 7 heteroatoms. The van der Waals surface area contributed by atoms with Gasteiger partial charge in [-0.25, -0.2) is 8.42 Å². The van der Waals surface area contributed by atoms with Crippen LogP contribution in [-0.4, -0.2) is 38.5 Å². The highest BCUT2D eigenvalue weighted by Crippen LogP contribution is 2.39. The van der Waals surface area contributed by atoms with E-state index in [1.807, 2.05) is 0 Å². The van der Waals surface area contributed by atoms with Crippen LogP contribution in [0.15, 0.2) is 29.2 Å². The zero-order valence-corrected chi connectivity index (χ0v) is 15.9. The molecular weight excluding hydrogens is 348 g/mol. The first-order valence-electron chi connectivity index (χ1n) is 8.36. The Labute approximate surface area is 151 Å². The molecular formula is C17H27ClN2O3S. The van der Waals surface area contributed by atoms with E-state index >= 15 is 0 Å². The Hall–Kier alpha value is -0.820. The van der Waals surface area contributed by atoms with Crippen molar-refractivity contribution in [2.75, 3.05) is 19.7 Å². The van der Waals surface area contributed by atoms with Crippen molar-refractivity contribution in [1.29, 1.82) is 0 Å². The number of halogens is 1. The lowest BCUT2D eigenvalue weighted by atomic mass is 9.98. The monoisotopic (exact) mass is 374 g/mol. The summed E-state index contributed by atoms with van der Waals surface area (Å²) in [7, 11) is -3.43. The smallest absolute Gasteiger partial charge is 0.243 e. The van der Waals surface area contributed by atoms with E-state index < -0.39 is 10.0 Å². The fourth-order valence-corrected chi connectivity index (χ4v) is 5.12. The summed E-state index contributed by atoms with van der Waals surface area (Å²) in [6.45, 7) is 5.94. The summed E-state index contributed by atoms with van der Waals surface area (Å²) in [6, 6.07) is 6.89. The van der Waals surface area contributed by atoms with Gasteiger partial charge in [-0.1, -0.05) is 13.8 Å². The van der Waals surface area contributed by atoms with Crippen molar-refractivity contribution in [3.63, 3.8) is 0 Å². The van der Waals surface area contributed by atoms with Crippen LogP contribution in [0, 0.1) is 17.8 Å². The van der Waals surface area contributed by atoms with Gasteiger partial charge in [0.25, 0.3) is 0 Å². The van der Waals surface area contributed by atoms with Crippen molar-refractivity contribution in [2.24, 2.45) is 23.5 Å². The van der Waals surface area contributed by atoms with Gasteiger partial charge >= 0.3 is 0 Å². The van der Waals surface area contributed by atoms with Gasteiger partial charge in [-0.15, -0.1) is 12.4 Å². The van der Waals surface area contributed by atoms with E-state index in [0.29, 0.717) is 48.1 Å². The lowest BCUT2D eigenvalue weighted by molar-refractivity contribution is 0.271. The van der Waals surface area contributed by atoms with Gasteiger partial charge in [0.15, 0.2) is 0 Å². The molecule has 136 valence electrons. The number of hydrogen-bond acceptors (Lipinski definition) is 4. The van der Waals surface area contributed by atoms with Crippen molar-refractivity contribution in [3.05, 3.63) is 24.3 Å². The second-order valence-corrected chi connectivity index (χ2v) is 9.10. The molecule has 1 aromatic rings. The maximum Gasteiger partial charge on any atom is 0.243 e. The molecule has 0 aromatic heterocycles. The fourth-order valence-electron chi connectivity index (χ4n) is 3.58. The molecule has 1 aromatic carbocycles. The maximum atomic E-state index is 12.8. The highest BCUT2D eigenvalue weighted by atomic mass is 35.5. The van der Waals surface area contributed by atoms with Gasteiger partial charge in [0.05, 0.1) is 11.5 Å². The molecule has 0 radical (unpaired) electrons. The van der Waals surface area contributed by atoms with Crippen LogP contribution in [0.1, 0.15) is 26.7 Å². The van der Waals surface area contributed by atoms with E-state index in [1.165, 1.54) is 0 Å². The van der Waals surface area contributed by atoms with E-state index in [0.717, 1.165) is 12.8 Å². The fraction of sp³-hybridized carbons (Fsp3) is 0.647. The number of rotatable bonds is 5. The van der Waals surface area contributed by atoms with Gasteiger partial charge in [0.2, 0.25) is 10.0 Å². The minimum atomic E-state index is -3.43. The quantitative estimate of drug-likeness (QED) is 0.859. The molecule has 0 bridgehead atoms. The van der Waals surface area contributed by atoms with E-state index in [9.17, 15) is 8.42 Å². The molecule has 24 heavy (non-hydrogen) atoms. The summed E-state index contributed by atoms with van der Waals surface area (Å²) >= 11 is 0. The molecule has 1 saturated heterocycles. The number of nitrogens with zero attached hydrogens (tertiary/aromatic N) is 1. The van der Waals surface area contributed by atoms with Crippen LogP contribution in [0.5, 0.6) is 5.75 Å². The van der Waals surface area contributed by atoms with Gasteiger partial charge in [-0.3, -0.25) is 0 Å². The number of ether oxygens (including phenoxy) is 1. The normalized spacial score (nSPS) is 27.1. The molecule has 1 heterocycles. The molecule has 0 spiro atoms. The van der Waals surface area contributed by atoms with Gasteiger partial charge in [-0.2, -0.15) is 4.31 Å². The second kappa shape index (κ2) is 7.60. The van der Waals surface area contributed by atoms with E-state index in [4.69, 9.17) is 10.5 Å². The number of hydrogen-bond donors (Lipinski definition) is 1. The van der Waals surface area contributed by atoms with Crippen LogP contribution in [0.4, 0.5) is 0 Å². The minimum absolute atomic E-state index is 0.